The molecule has 0 aromatic heterocycles. The van der Waals surface area contributed by atoms with Gasteiger partial charge in [-0.25, -0.2) is 0 Å². The van der Waals surface area contributed by atoms with Crippen LogP contribution in [0.15, 0.2) is 54.6 Å². The molecule has 0 radical (unpaired) electrons. The van der Waals surface area contributed by atoms with Crippen LogP contribution in [0.2, 0.25) is 5.02 Å². The van der Waals surface area contributed by atoms with Crippen LogP contribution in [0, 0.1) is 0 Å². The predicted octanol–water partition coefficient (Wildman–Crippen LogP) is 3.74. The van der Waals surface area contributed by atoms with Crippen LogP contribution in [0.1, 0.15) is 22.8 Å². The van der Waals surface area contributed by atoms with Gasteiger partial charge < -0.3 is 14.5 Å². The molecule has 1 heterocycles. The first kappa shape index (κ1) is 20.0. The van der Waals surface area contributed by atoms with E-state index in [0.717, 1.165) is 11.3 Å². The molecule has 1 aliphatic heterocycles. The average molecular weight is 399 g/mol. The molecule has 0 aliphatic carbocycles. The highest BCUT2D eigenvalue weighted by Gasteiger charge is 2.23. The summed E-state index contributed by atoms with van der Waals surface area (Å²) in [6.45, 7) is 4.54. The molecule has 146 valence electrons. The minimum absolute atomic E-state index is 0.0371. The van der Waals surface area contributed by atoms with Crippen LogP contribution in [0.4, 0.5) is 0 Å². The number of carbonyl (C=O) groups is 2. The van der Waals surface area contributed by atoms with Gasteiger partial charge in [0.2, 0.25) is 5.91 Å². The Labute approximate surface area is 170 Å². The van der Waals surface area contributed by atoms with Crippen molar-refractivity contribution in [3.05, 3.63) is 70.8 Å². The lowest BCUT2D eigenvalue weighted by atomic mass is 10.1. The fraction of sp³-hybridized carbons (Fsp3) is 0.273. The van der Waals surface area contributed by atoms with Crippen molar-refractivity contribution in [1.82, 2.24) is 9.80 Å². The van der Waals surface area contributed by atoms with Gasteiger partial charge >= 0.3 is 0 Å². The molecule has 0 N–H and O–H groups in total. The second-order valence-electron chi connectivity index (χ2n) is 6.43. The molecule has 6 heteroatoms. The molecule has 0 spiro atoms. The molecule has 28 heavy (non-hydrogen) atoms. The van der Waals surface area contributed by atoms with Crippen LogP contribution in [0.25, 0.3) is 6.08 Å². The fourth-order valence-electron chi connectivity index (χ4n) is 3.08. The lowest BCUT2D eigenvalue weighted by molar-refractivity contribution is -0.127. The van der Waals surface area contributed by atoms with E-state index in [4.69, 9.17) is 16.3 Å². The second kappa shape index (κ2) is 9.42. The van der Waals surface area contributed by atoms with Gasteiger partial charge in [0.15, 0.2) is 0 Å². The standard InChI is InChI=1S/C22H23ClN2O3/c1-2-28-20-6-4-3-5-17(20)9-12-21(26)24-13-15-25(16-14-24)22(27)18-7-10-19(23)11-8-18/h3-12H,2,13-16H2,1H3/b12-9+. The van der Waals surface area contributed by atoms with Crippen molar-refractivity contribution >= 4 is 29.5 Å². The third-order valence-corrected chi connectivity index (χ3v) is 4.85. The molecule has 1 aliphatic rings. The van der Waals surface area contributed by atoms with Crippen LogP contribution in [-0.4, -0.2) is 54.4 Å². The predicted molar refractivity (Wildman–Crippen MR) is 111 cm³/mol. The van der Waals surface area contributed by atoms with Crippen molar-refractivity contribution in [2.24, 2.45) is 0 Å². The van der Waals surface area contributed by atoms with Crippen LogP contribution >= 0.6 is 11.6 Å². The van der Waals surface area contributed by atoms with Crippen LogP contribution in [0.3, 0.4) is 0 Å². The monoisotopic (exact) mass is 398 g/mol. The summed E-state index contributed by atoms with van der Waals surface area (Å²) in [6.07, 6.45) is 3.34. The molecule has 2 aromatic carbocycles. The lowest BCUT2D eigenvalue weighted by Gasteiger charge is -2.34. The van der Waals surface area contributed by atoms with Crippen molar-refractivity contribution in [2.45, 2.75) is 6.92 Å². The van der Waals surface area contributed by atoms with E-state index >= 15 is 0 Å². The molecule has 0 saturated carbocycles. The van der Waals surface area contributed by atoms with E-state index in [0.29, 0.717) is 43.4 Å². The number of para-hydroxylation sites is 1. The third-order valence-electron chi connectivity index (χ3n) is 4.59. The first-order valence-electron chi connectivity index (χ1n) is 9.32. The van der Waals surface area contributed by atoms with Crippen molar-refractivity contribution in [3.8, 4) is 5.75 Å². The van der Waals surface area contributed by atoms with Gasteiger partial charge in [0.05, 0.1) is 6.61 Å². The van der Waals surface area contributed by atoms with E-state index in [1.165, 1.54) is 0 Å². The van der Waals surface area contributed by atoms with E-state index < -0.39 is 0 Å². The molecule has 0 bridgehead atoms. The van der Waals surface area contributed by atoms with Crippen LogP contribution in [-0.2, 0) is 4.79 Å². The summed E-state index contributed by atoms with van der Waals surface area (Å²) in [7, 11) is 0. The third kappa shape index (κ3) is 4.93. The number of amides is 2. The molecular weight excluding hydrogens is 376 g/mol. The number of hydrogen-bond donors (Lipinski definition) is 0. The summed E-state index contributed by atoms with van der Waals surface area (Å²) in [4.78, 5) is 28.6. The first-order chi connectivity index (χ1) is 13.6. The van der Waals surface area contributed by atoms with Gasteiger partial charge in [-0.3, -0.25) is 9.59 Å². The van der Waals surface area contributed by atoms with E-state index in [9.17, 15) is 9.59 Å². The number of ether oxygens (including phenoxy) is 1. The number of carbonyl (C=O) groups excluding carboxylic acids is 2. The Hall–Kier alpha value is -2.79. The van der Waals surface area contributed by atoms with Gasteiger partial charge in [0.1, 0.15) is 5.75 Å². The molecule has 0 unspecified atom stereocenters. The number of hydrogen-bond acceptors (Lipinski definition) is 3. The Morgan fingerprint density at radius 2 is 1.64 bits per heavy atom. The van der Waals surface area contributed by atoms with Gasteiger partial charge in [-0.15, -0.1) is 0 Å². The zero-order valence-electron chi connectivity index (χ0n) is 15.8. The summed E-state index contributed by atoms with van der Waals surface area (Å²) < 4.78 is 5.58. The number of nitrogens with zero attached hydrogens (tertiary/aromatic N) is 2. The fourth-order valence-corrected chi connectivity index (χ4v) is 3.20. The van der Waals surface area contributed by atoms with Gasteiger partial charge in [-0.05, 0) is 43.3 Å². The molecule has 2 aromatic rings. The molecule has 1 saturated heterocycles. The van der Waals surface area contributed by atoms with Gasteiger partial charge in [-0.2, -0.15) is 0 Å². The molecule has 0 atom stereocenters. The number of halogens is 1. The number of benzene rings is 2. The Bertz CT molecular complexity index is 856. The topological polar surface area (TPSA) is 49.9 Å². The molecular formula is C22H23ClN2O3. The second-order valence-corrected chi connectivity index (χ2v) is 6.86. The maximum absolute atomic E-state index is 12.5. The molecule has 1 fully saturated rings. The quantitative estimate of drug-likeness (QED) is 0.721. The van der Waals surface area contributed by atoms with Crippen molar-refractivity contribution in [3.63, 3.8) is 0 Å². The van der Waals surface area contributed by atoms with Crippen molar-refractivity contribution in [1.29, 1.82) is 0 Å². The minimum Gasteiger partial charge on any atom is -0.493 e. The molecule has 2 amide bonds. The zero-order valence-corrected chi connectivity index (χ0v) is 16.6. The maximum Gasteiger partial charge on any atom is 0.253 e. The lowest BCUT2D eigenvalue weighted by Crippen LogP contribution is -2.50. The SMILES string of the molecule is CCOc1ccccc1/C=C/C(=O)N1CCN(C(=O)c2ccc(Cl)cc2)CC1. The van der Waals surface area contributed by atoms with Gasteiger partial charge in [0, 0.05) is 48.4 Å². The van der Waals surface area contributed by atoms with Crippen molar-refractivity contribution in [2.75, 3.05) is 32.8 Å². The van der Waals surface area contributed by atoms with E-state index in [1.54, 1.807) is 46.2 Å². The first-order valence-corrected chi connectivity index (χ1v) is 9.70. The minimum atomic E-state index is -0.0649. The summed E-state index contributed by atoms with van der Waals surface area (Å²) in [5.74, 6) is 0.655. The Morgan fingerprint density at radius 1 is 1.00 bits per heavy atom. The summed E-state index contributed by atoms with van der Waals surface area (Å²) >= 11 is 5.87. The molecule has 3 rings (SSSR count). The highest BCUT2D eigenvalue weighted by Crippen LogP contribution is 2.19. The van der Waals surface area contributed by atoms with E-state index in [1.807, 2.05) is 31.2 Å². The maximum atomic E-state index is 12.5. The Kier molecular flexibility index (Phi) is 6.71. The highest BCUT2D eigenvalue weighted by molar-refractivity contribution is 6.30. The van der Waals surface area contributed by atoms with E-state index in [2.05, 4.69) is 0 Å². The molecule has 5 nitrogen and oxygen atoms in total. The zero-order chi connectivity index (χ0) is 19.9. The Balaban J connectivity index is 1.56. The average Bonchev–Trinajstić information content (AvgIpc) is 2.73. The largest absolute Gasteiger partial charge is 0.493 e. The Morgan fingerprint density at radius 3 is 2.32 bits per heavy atom. The number of piperazine rings is 1. The van der Waals surface area contributed by atoms with Gasteiger partial charge in [0.25, 0.3) is 5.91 Å². The smallest absolute Gasteiger partial charge is 0.253 e. The summed E-state index contributed by atoms with van der Waals surface area (Å²) in [5.41, 5.74) is 1.48. The highest BCUT2D eigenvalue weighted by atomic mass is 35.5. The van der Waals surface area contributed by atoms with Crippen LogP contribution in [0.5, 0.6) is 5.75 Å². The van der Waals surface area contributed by atoms with Gasteiger partial charge in [-0.1, -0.05) is 29.8 Å². The number of rotatable bonds is 5. The normalized spacial score (nSPS) is 14.4. The summed E-state index contributed by atoms with van der Waals surface area (Å²) in [5, 5.41) is 0.602. The van der Waals surface area contributed by atoms with Crippen LogP contribution < -0.4 is 4.74 Å². The van der Waals surface area contributed by atoms with Crippen molar-refractivity contribution < 1.29 is 14.3 Å². The summed E-state index contributed by atoms with van der Waals surface area (Å²) in [6, 6.07) is 14.5. The van der Waals surface area contributed by atoms with E-state index in [-0.39, 0.29) is 11.8 Å².